The quantitative estimate of drug-likeness (QED) is 0.787. The summed E-state index contributed by atoms with van der Waals surface area (Å²) >= 11 is 10.8. The van der Waals surface area contributed by atoms with Crippen LogP contribution >= 0.6 is 23.2 Å². The molecule has 8 heteroatoms. The molecular formula is C7H3Cl2F3N2O. The third-order valence-corrected chi connectivity index (χ3v) is 2.28. The van der Waals surface area contributed by atoms with Crippen molar-refractivity contribution in [3.05, 3.63) is 27.5 Å². The van der Waals surface area contributed by atoms with Gasteiger partial charge in [0.15, 0.2) is 0 Å². The van der Waals surface area contributed by atoms with Crippen molar-refractivity contribution in [1.82, 2.24) is 4.98 Å². The molecule has 0 bridgehead atoms. The summed E-state index contributed by atoms with van der Waals surface area (Å²) in [6, 6.07) is 0. The smallest absolute Gasteiger partial charge is 0.366 e. The summed E-state index contributed by atoms with van der Waals surface area (Å²) < 4.78 is 37.1. The van der Waals surface area contributed by atoms with Gasteiger partial charge in [0.1, 0.15) is 5.15 Å². The number of aromatic nitrogens is 1. The molecule has 3 nitrogen and oxygen atoms in total. The van der Waals surface area contributed by atoms with E-state index < -0.39 is 33.4 Å². The number of rotatable bonds is 1. The molecule has 0 unspecified atom stereocenters. The molecule has 0 saturated carbocycles. The highest BCUT2D eigenvalue weighted by atomic mass is 35.5. The maximum atomic E-state index is 12.4. The topological polar surface area (TPSA) is 56.0 Å². The second-order valence-electron chi connectivity index (χ2n) is 2.51. The highest BCUT2D eigenvalue weighted by molar-refractivity contribution is 6.43. The first-order valence-corrected chi connectivity index (χ1v) is 4.21. The van der Waals surface area contributed by atoms with E-state index in [0.29, 0.717) is 6.20 Å². The number of nitrogens with two attached hydrogens (primary N) is 1. The first-order valence-electron chi connectivity index (χ1n) is 3.46. The van der Waals surface area contributed by atoms with Crippen LogP contribution in [0.1, 0.15) is 15.9 Å². The molecule has 0 radical (unpaired) electrons. The number of primary amides is 1. The Balaban J connectivity index is 3.55. The van der Waals surface area contributed by atoms with E-state index in [0.717, 1.165) is 0 Å². The molecule has 0 aromatic carbocycles. The van der Waals surface area contributed by atoms with Crippen LogP contribution in [0.3, 0.4) is 0 Å². The third-order valence-electron chi connectivity index (χ3n) is 1.53. The number of nitrogens with zero attached hydrogens (tertiary/aromatic N) is 1. The number of amides is 1. The molecule has 0 spiro atoms. The number of hydrogen-bond acceptors (Lipinski definition) is 2. The minimum Gasteiger partial charge on any atom is -0.366 e. The Labute approximate surface area is 92.0 Å². The first kappa shape index (κ1) is 12.1. The predicted octanol–water partition coefficient (Wildman–Crippen LogP) is 2.51. The molecule has 0 atom stereocenters. The van der Waals surface area contributed by atoms with Gasteiger partial charge in [0.05, 0.1) is 16.1 Å². The van der Waals surface area contributed by atoms with Crippen LogP contribution in [-0.2, 0) is 6.18 Å². The van der Waals surface area contributed by atoms with E-state index in [9.17, 15) is 18.0 Å². The average molecular weight is 259 g/mol. The number of pyridine rings is 1. The molecule has 82 valence electrons. The maximum Gasteiger partial charge on any atom is 0.418 e. The normalized spacial score (nSPS) is 11.5. The summed E-state index contributed by atoms with van der Waals surface area (Å²) in [5.41, 5.74) is 2.60. The SMILES string of the molecule is NC(=O)c1c(C(F)(F)F)cnc(Cl)c1Cl. The molecule has 0 saturated heterocycles. The first-order chi connectivity index (χ1) is 6.75. The zero-order chi connectivity index (χ0) is 11.8. The third kappa shape index (κ3) is 2.32. The fraction of sp³-hybridized carbons (Fsp3) is 0.143. The van der Waals surface area contributed by atoms with Gasteiger partial charge in [-0.15, -0.1) is 0 Å². The zero-order valence-corrected chi connectivity index (χ0v) is 8.41. The molecule has 0 fully saturated rings. The summed E-state index contributed by atoms with van der Waals surface area (Å²) in [6.07, 6.45) is -4.35. The van der Waals surface area contributed by atoms with Crippen LogP contribution in [0.2, 0.25) is 10.2 Å². The van der Waals surface area contributed by atoms with Crippen molar-refractivity contribution in [2.45, 2.75) is 6.18 Å². The van der Waals surface area contributed by atoms with Crippen molar-refractivity contribution in [3.8, 4) is 0 Å². The van der Waals surface area contributed by atoms with Crippen molar-refractivity contribution >= 4 is 29.1 Å². The fourth-order valence-electron chi connectivity index (χ4n) is 0.920. The van der Waals surface area contributed by atoms with E-state index >= 15 is 0 Å². The fourth-order valence-corrected chi connectivity index (χ4v) is 1.31. The van der Waals surface area contributed by atoms with Crippen LogP contribution in [0.5, 0.6) is 0 Å². The lowest BCUT2D eigenvalue weighted by atomic mass is 10.1. The summed E-state index contributed by atoms with van der Waals surface area (Å²) in [5, 5.41) is -1.00. The molecule has 2 N–H and O–H groups in total. The lowest BCUT2D eigenvalue weighted by molar-refractivity contribution is -0.138. The minimum absolute atomic E-state index is 0.404. The monoisotopic (exact) mass is 258 g/mol. The van der Waals surface area contributed by atoms with Crippen LogP contribution in [-0.4, -0.2) is 10.9 Å². The van der Waals surface area contributed by atoms with Crippen LogP contribution in [0.15, 0.2) is 6.20 Å². The Bertz CT molecular complexity index is 419. The number of carbonyl (C=O) groups excluding carboxylic acids is 1. The minimum atomic E-state index is -4.76. The number of carbonyl (C=O) groups is 1. The van der Waals surface area contributed by atoms with Gasteiger partial charge in [-0.2, -0.15) is 13.2 Å². The van der Waals surface area contributed by atoms with Gasteiger partial charge in [0, 0.05) is 6.20 Å². The lowest BCUT2D eigenvalue weighted by Crippen LogP contribution is -2.20. The Morgan fingerprint density at radius 3 is 2.33 bits per heavy atom. The number of hydrogen-bond donors (Lipinski definition) is 1. The second-order valence-corrected chi connectivity index (χ2v) is 3.25. The molecule has 0 aliphatic rings. The van der Waals surface area contributed by atoms with Crippen molar-refractivity contribution in [1.29, 1.82) is 0 Å². The van der Waals surface area contributed by atoms with Crippen molar-refractivity contribution < 1.29 is 18.0 Å². The second kappa shape index (κ2) is 3.86. The Morgan fingerprint density at radius 1 is 1.40 bits per heavy atom. The van der Waals surface area contributed by atoms with Crippen LogP contribution < -0.4 is 5.73 Å². The highest BCUT2D eigenvalue weighted by Crippen LogP contribution is 2.36. The van der Waals surface area contributed by atoms with E-state index in [1.807, 2.05) is 0 Å². The van der Waals surface area contributed by atoms with Gasteiger partial charge in [-0.3, -0.25) is 4.79 Å². The molecule has 1 heterocycles. The Kier molecular flexibility index (Phi) is 3.11. The van der Waals surface area contributed by atoms with Gasteiger partial charge >= 0.3 is 6.18 Å². The lowest BCUT2D eigenvalue weighted by Gasteiger charge is -2.11. The molecule has 1 rings (SSSR count). The molecule has 1 amide bonds. The van der Waals surface area contributed by atoms with Crippen LogP contribution in [0, 0.1) is 0 Å². The summed E-state index contributed by atoms with van der Waals surface area (Å²) in [6.45, 7) is 0. The van der Waals surface area contributed by atoms with Crippen LogP contribution in [0.4, 0.5) is 13.2 Å². The largest absolute Gasteiger partial charge is 0.418 e. The molecule has 1 aromatic heterocycles. The van der Waals surface area contributed by atoms with Gasteiger partial charge in [-0.05, 0) is 0 Å². The molecule has 0 aliphatic carbocycles. The summed E-state index contributed by atoms with van der Waals surface area (Å²) in [4.78, 5) is 14.0. The Hall–Kier alpha value is -1.01. The Morgan fingerprint density at radius 2 is 1.93 bits per heavy atom. The van der Waals surface area contributed by atoms with Crippen molar-refractivity contribution in [3.63, 3.8) is 0 Å². The van der Waals surface area contributed by atoms with Gasteiger partial charge in [-0.25, -0.2) is 4.98 Å². The van der Waals surface area contributed by atoms with Crippen molar-refractivity contribution in [2.24, 2.45) is 5.73 Å². The predicted molar refractivity (Wildman–Crippen MR) is 47.8 cm³/mol. The molecular weight excluding hydrogens is 256 g/mol. The summed E-state index contributed by atoms with van der Waals surface area (Å²) in [5.74, 6) is -1.31. The molecule has 1 aromatic rings. The average Bonchev–Trinajstić information content (AvgIpc) is 2.06. The molecule has 15 heavy (non-hydrogen) atoms. The van der Waals surface area contributed by atoms with Crippen molar-refractivity contribution in [2.75, 3.05) is 0 Å². The van der Waals surface area contributed by atoms with Gasteiger partial charge in [-0.1, -0.05) is 23.2 Å². The highest BCUT2D eigenvalue weighted by Gasteiger charge is 2.37. The number of alkyl halides is 3. The molecule has 0 aliphatic heterocycles. The van der Waals surface area contributed by atoms with E-state index in [-0.39, 0.29) is 0 Å². The van der Waals surface area contributed by atoms with E-state index in [4.69, 9.17) is 28.9 Å². The summed E-state index contributed by atoms with van der Waals surface area (Å²) in [7, 11) is 0. The van der Waals surface area contributed by atoms with Gasteiger partial charge in [0.25, 0.3) is 5.91 Å². The van der Waals surface area contributed by atoms with Crippen LogP contribution in [0.25, 0.3) is 0 Å². The van der Waals surface area contributed by atoms with E-state index in [1.54, 1.807) is 0 Å². The van der Waals surface area contributed by atoms with Gasteiger partial charge in [0.2, 0.25) is 0 Å². The van der Waals surface area contributed by atoms with E-state index in [1.165, 1.54) is 0 Å². The zero-order valence-electron chi connectivity index (χ0n) is 6.90. The van der Waals surface area contributed by atoms with Gasteiger partial charge < -0.3 is 5.73 Å². The maximum absolute atomic E-state index is 12.4. The standard InChI is InChI=1S/C7H3Cl2F3N2O/c8-4-3(6(13)15)2(7(10,11)12)1-14-5(4)9/h1H,(H2,13,15). The number of halogens is 5. The van der Waals surface area contributed by atoms with E-state index in [2.05, 4.69) is 4.98 Å².